The number of carbonyl (C=O) groups excluding carboxylic acids is 1. The molecule has 1 amide bonds. The van der Waals surface area contributed by atoms with Crippen LogP contribution in [0.2, 0.25) is 0 Å². The minimum absolute atomic E-state index is 0.000176. The number of aromatic nitrogens is 5. The molecule has 244 valence electrons. The van der Waals surface area contributed by atoms with Gasteiger partial charge in [-0.05, 0) is 65.1 Å². The molecule has 2 fully saturated rings. The summed E-state index contributed by atoms with van der Waals surface area (Å²) in [5.74, 6) is 0.408. The largest absolute Gasteiger partial charge is 0.481 e. The number of piperidine rings is 1. The molecule has 2 aliphatic rings. The van der Waals surface area contributed by atoms with Crippen molar-refractivity contribution < 1.29 is 14.7 Å². The maximum absolute atomic E-state index is 12.4. The second-order valence-corrected chi connectivity index (χ2v) is 11.9. The highest BCUT2D eigenvalue weighted by atomic mass is 16.4. The van der Waals surface area contributed by atoms with Gasteiger partial charge in [-0.15, -0.1) is 5.10 Å². The zero-order valence-corrected chi connectivity index (χ0v) is 26.2. The van der Waals surface area contributed by atoms with Crippen molar-refractivity contribution in [1.29, 1.82) is 0 Å². The molecule has 2 aromatic rings. The number of aryl methyl sites for hydroxylation is 2. The van der Waals surface area contributed by atoms with Gasteiger partial charge in [-0.1, -0.05) is 24.5 Å². The molecule has 4 rings (SSSR count). The Balaban J connectivity index is 1.09. The molecule has 14 heteroatoms. The summed E-state index contributed by atoms with van der Waals surface area (Å²) in [6.45, 7) is 8.08. The van der Waals surface area contributed by atoms with E-state index in [1.54, 1.807) is 0 Å². The minimum Gasteiger partial charge on any atom is -0.481 e. The standard InChI is InChI=1S/C30H51N11O3/c1-23-19-27(36-25-10-17-40(18-11-25)28(42)21-32-15-9-29(43)44)37-30(35-23)34-20-26-22-41(39-38-26)16-6-13-31-12-5-14-33-24-7-3-2-4-8-24/h19,22,24-25,31-33H,2-18,20-21H2,1H3,(H,43,44)(H2,34,35,36,37). The summed E-state index contributed by atoms with van der Waals surface area (Å²) in [4.78, 5) is 34.0. The van der Waals surface area contributed by atoms with E-state index in [2.05, 4.69) is 46.9 Å². The van der Waals surface area contributed by atoms with Crippen molar-refractivity contribution in [3.63, 3.8) is 0 Å². The highest BCUT2D eigenvalue weighted by Gasteiger charge is 2.23. The maximum Gasteiger partial charge on any atom is 0.304 e. The molecule has 0 atom stereocenters. The molecular weight excluding hydrogens is 562 g/mol. The van der Waals surface area contributed by atoms with E-state index < -0.39 is 5.97 Å². The van der Waals surface area contributed by atoms with Crippen LogP contribution in [0.5, 0.6) is 0 Å². The first kappa shape index (κ1) is 33.5. The van der Waals surface area contributed by atoms with Crippen LogP contribution in [0.3, 0.4) is 0 Å². The lowest BCUT2D eigenvalue weighted by Crippen LogP contribution is -2.45. The zero-order valence-electron chi connectivity index (χ0n) is 26.2. The molecule has 3 heterocycles. The Hall–Kier alpha value is -3.36. The molecule has 1 aliphatic carbocycles. The van der Waals surface area contributed by atoms with Gasteiger partial charge in [-0.3, -0.25) is 14.3 Å². The first-order valence-corrected chi connectivity index (χ1v) is 16.3. The average molecular weight is 614 g/mol. The molecule has 0 spiro atoms. The second-order valence-electron chi connectivity index (χ2n) is 11.9. The van der Waals surface area contributed by atoms with Gasteiger partial charge in [0.25, 0.3) is 0 Å². The lowest BCUT2D eigenvalue weighted by Gasteiger charge is -2.32. The van der Waals surface area contributed by atoms with E-state index in [9.17, 15) is 9.59 Å². The second kappa shape index (κ2) is 18.4. The van der Waals surface area contributed by atoms with Crippen LogP contribution in [0, 0.1) is 6.92 Å². The number of hydrogen-bond donors (Lipinski definition) is 6. The Morgan fingerprint density at radius 1 is 0.955 bits per heavy atom. The summed E-state index contributed by atoms with van der Waals surface area (Å²) in [7, 11) is 0. The zero-order chi connectivity index (χ0) is 31.0. The normalized spacial score (nSPS) is 16.2. The summed E-state index contributed by atoms with van der Waals surface area (Å²) in [5.41, 5.74) is 1.69. The number of aliphatic carboxylic acids is 1. The van der Waals surface area contributed by atoms with E-state index in [1.165, 1.54) is 32.1 Å². The van der Waals surface area contributed by atoms with Gasteiger partial charge in [0.05, 0.1) is 25.7 Å². The van der Waals surface area contributed by atoms with Gasteiger partial charge in [-0.25, -0.2) is 4.98 Å². The molecule has 14 nitrogen and oxygen atoms in total. The quantitative estimate of drug-likeness (QED) is 0.127. The molecule has 0 aromatic carbocycles. The number of carboxylic acid groups (broad SMARTS) is 1. The number of nitrogens with zero attached hydrogens (tertiary/aromatic N) is 6. The van der Waals surface area contributed by atoms with Crippen molar-refractivity contribution in [2.45, 2.75) is 96.3 Å². The molecule has 2 aromatic heterocycles. The van der Waals surface area contributed by atoms with Crippen molar-refractivity contribution in [3.8, 4) is 0 Å². The minimum atomic E-state index is -0.875. The van der Waals surface area contributed by atoms with Gasteiger partial charge in [0.1, 0.15) is 11.5 Å². The van der Waals surface area contributed by atoms with Crippen molar-refractivity contribution in [1.82, 2.24) is 45.8 Å². The Morgan fingerprint density at radius 2 is 1.75 bits per heavy atom. The monoisotopic (exact) mass is 613 g/mol. The molecule has 0 unspecified atom stereocenters. The predicted molar refractivity (Wildman–Crippen MR) is 169 cm³/mol. The smallest absolute Gasteiger partial charge is 0.304 e. The molecule has 44 heavy (non-hydrogen) atoms. The van der Waals surface area contributed by atoms with Crippen LogP contribution >= 0.6 is 0 Å². The van der Waals surface area contributed by atoms with Crippen molar-refractivity contribution in [3.05, 3.63) is 23.7 Å². The van der Waals surface area contributed by atoms with Crippen LogP contribution in [0.1, 0.15) is 75.6 Å². The molecule has 0 radical (unpaired) electrons. The summed E-state index contributed by atoms with van der Waals surface area (Å²) in [6, 6.07) is 2.86. The fraction of sp³-hybridized carbons (Fsp3) is 0.733. The first-order chi connectivity index (χ1) is 21.4. The van der Waals surface area contributed by atoms with E-state index in [0.717, 1.165) is 75.1 Å². The SMILES string of the molecule is Cc1cc(NC2CCN(C(=O)CNCCC(=O)O)CC2)nc(NCc2cn(CCCNCCCNC3CCCCC3)nn2)n1. The summed E-state index contributed by atoms with van der Waals surface area (Å²) in [6.07, 6.45) is 12.6. The molecule has 1 aliphatic heterocycles. The third-order valence-corrected chi connectivity index (χ3v) is 8.17. The first-order valence-electron chi connectivity index (χ1n) is 16.3. The van der Waals surface area contributed by atoms with E-state index in [1.807, 2.05) is 28.8 Å². The molecule has 1 saturated heterocycles. The van der Waals surface area contributed by atoms with Gasteiger partial charge in [0.15, 0.2) is 0 Å². The fourth-order valence-corrected chi connectivity index (χ4v) is 5.72. The number of amides is 1. The van der Waals surface area contributed by atoms with Gasteiger partial charge >= 0.3 is 5.97 Å². The molecular formula is C30H51N11O3. The van der Waals surface area contributed by atoms with Gasteiger partial charge in [0, 0.05) is 50.0 Å². The summed E-state index contributed by atoms with van der Waals surface area (Å²) < 4.78 is 1.89. The Bertz CT molecular complexity index is 1150. The lowest BCUT2D eigenvalue weighted by atomic mass is 9.95. The Morgan fingerprint density at radius 3 is 2.55 bits per heavy atom. The van der Waals surface area contributed by atoms with E-state index >= 15 is 0 Å². The van der Waals surface area contributed by atoms with Crippen molar-refractivity contribution >= 4 is 23.6 Å². The van der Waals surface area contributed by atoms with Crippen molar-refractivity contribution in [2.24, 2.45) is 0 Å². The summed E-state index contributed by atoms with van der Waals surface area (Å²) in [5, 5.41) is 34.2. The molecule has 0 bridgehead atoms. The van der Waals surface area contributed by atoms with Crippen LogP contribution in [-0.4, -0.2) is 105 Å². The highest BCUT2D eigenvalue weighted by Crippen LogP contribution is 2.18. The van der Waals surface area contributed by atoms with Crippen LogP contribution in [-0.2, 0) is 22.7 Å². The lowest BCUT2D eigenvalue weighted by molar-refractivity contribution is -0.137. The van der Waals surface area contributed by atoms with Crippen molar-refractivity contribution in [2.75, 3.05) is 56.4 Å². The van der Waals surface area contributed by atoms with Gasteiger partial charge in [0.2, 0.25) is 11.9 Å². The third kappa shape index (κ3) is 12.3. The third-order valence-electron chi connectivity index (χ3n) is 8.17. The van der Waals surface area contributed by atoms with Crippen LogP contribution in [0.4, 0.5) is 11.8 Å². The molecule has 1 saturated carbocycles. The predicted octanol–water partition coefficient (Wildman–Crippen LogP) is 1.75. The number of likely N-dealkylation sites (tertiary alicyclic amines) is 1. The van der Waals surface area contributed by atoms with Crippen LogP contribution in [0.25, 0.3) is 0 Å². The van der Waals surface area contributed by atoms with Gasteiger partial charge in [-0.2, -0.15) is 4.98 Å². The maximum atomic E-state index is 12.4. The van der Waals surface area contributed by atoms with E-state index in [0.29, 0.717) is 25.6 Å². The molecule has 6 N–H and O–H groups in total. The topological polar surface area (TPSA) is 174 Å². The van der Waals surface area contributed by atoms with E-state index in [4.69, 9.17) is 5.11 Å². The summed E-state index contributed by atoms with van der Waals surface area (Å²) >= 11 is 0. The average Bonchev–Trinajstić information content (AvgIpc) is 3.48. The Labute approximate surface area is 260 Å². The fourth-order valence-electron chi connectivity index (χ4n) is 5.72. The number of anilines is 2. The van der Waals surface area contributed by atoms with Crippen LogP contribution in [0.15, 0.2) is 12.3 Å². The number of carbonyl (C=O) groups is 2. The Kier molecular flexibility index (Phi) is 14.1. The number of hydrogen-bond acceptors (Lipinski definition) is 11. The van der Waals surface area contributed by atoms with Gasteiger partial charge < -0.3 is 36.6 Å². The van der Waals surface area contributed by atoms with Crippen LogP contribution < -0.4 is 26.6 Å². The number of carboxylic acids is 1. The highest BCUT2D eigenvalue weighted by molar-refractivity contribution is 5.78. The number of rotatable bonds is 19. The number of nitrogens with one attached hydrogen (secondary N) is 5. The van der Waals surface area contributed by atoms with E-state index in [-0.39, 0.29) is 31.5 Å².